The van der Waals surface area contributed by atoms with Gasteiger partial charge < -0.3 is 19.4 Å². The van der Waals surface area contributed by atoms with Crippen LogP contribution in [0.1, 0.15) is 57.0 Å². The lowest BCUT2D eigenvalue weighted by Crippen LogP contribution is -2.47. The molecule has 1 aromatic heterocycles. The Hall–Kier alpha value is -2.59. The van der Waals surface area contributed by atoms with E-state index >= 15 is 0 Å². The highest BCUT2D eigenvalue weighted by Crippen LogP contribution is 2.29. The molecule has 0 unspecified atom stereocenters. The molecule has 1 N–H and O–H groups in total. The molecule has 1 aromatic rings. The maximum atomic E-state index is 12.6. The Morgan fingerprint density at radius 2 is 2.06 bits per heavy atom. The Labute approximate surface area is 185 Å². The second-order valence-corrected chi connectivity index (χ2v) is 8.57. The predicted molar refractivity (Wildman–Crippen MR) is 119 cm³/mol. The van der Waals surface area contributed by atoms with Gasteiger partial charge in [-0.05, 0) is 56.7 Å². The van der Waals surface area contributed by atoms with Crippen molar-refractivity contribution in [2.45, 2.75) is 72.6 Å². The van der Waals surface area contributed by atoms with Gasteiger partial charge in [0, 0.05) is 31.1 Å². The minimum Gasteiger partial charge on any atom is -0.448 e. The first kappa shape index (κ1) is 24.7. The molecule has 7 heteroatoms. The number of amides is 1. The van der Waals surface area contributed by atoms with Gasteiger partial charge in [0.05, 0.1) is 6.61 Å². The van der Waals surface area contributed by atoms with Crippen LogP contribution in [0.25, 0.3) is 6.08 Å². The van der Waals surface area contributed by atoms with Crippen molar-refractivity contribution in [3.63, 3.8) is 0 Å². The van der Waals surface area contributed by atoms with Crippen LogP contribution in [0.4, 0.5) is 0 Å². The zero-order valence-corrected chi connectivity index (χ0v) is 19.5. The highest BCUT2D eigenvalue weighted by Gasteiger charge is 2.30. The molecule has 1 aliphatic rings. The van der Waals surface area contributed by atoms with Crippen LogP contribution in [-0.2, 0) is 25.6 Å². The summed E-state index contributed by atoms with van der Waals surface area (Å²) in [6, 6.07) is 3.91. The number of hydrogen-bond donors (Lipinski definition) is 1. The fourth-order valence-electron chi connectivity index (χ4n) is 4.16. The first-order valence-corrected chi connectivity index (χ1v) is 11.0. The maximum absolute atomic E-state index is 12.6. The summed E-state index contributed by atoms with van der Waals surface area (Å²) < 4.78 is 12.5. The van der Waals surface area contributed by atoms with E-state index in [1.165, 1.54) is 19.4 Å². The van der Waals surface area contributed by atoms with E-state index in [4.69, 9.17) is 9.47 Å². The number of nitriles is 1. The summed E-state index contributed by atoms with van der Waals surface area (Å²) in [6.45, 7) is 11.0. The molecule has 1 amide bonds. The fourth-order valence-corrected chi connectivity index (χ4v) is 4.16. The first-order chi connectivity index (χ1) is 14.7. The average Bonchev–Trinajstić information content (AvgIpc) is 3.00. The summed E-state index contributed by atoms with van der Waals surface area (Å²) in [4.78, 5) is 25.1. The van der Waals surface area contributed by atoms with Gasteiger partial charge in [-0.3, -0.25) is 4.79 Å². The van der Waals surface area contributed by atoms with Crippen molar-refractivity contribution in [2.24, 2.45) is 11.8 Å². The topological polar surface area (TPSA) is 93.3 Å². The third-order valence-electron chi connectivity index (χ3n) is 6.46. The van der Waals surface area contributed by atoms with Gasteiger partial charge in [0.25, 0.3) is 5.91 Å². The summed E-state index contributed by atoms with van der Waals surface area (Å²) in [5.74, 6) is -0.192. The maximum Gasteiger partial charge on any atom is 0.349 e. The van der Waals surface area contributed by atoms with Gasteiger partial charge >= 0.3 is 5.97 Å². The highest BCUT2D eigenvalue weighted by atomic mass is 16.5. The number of aromatic nitrogens is 1. The summed E-state index contributed by atoms with van der Waals surface area (Å²) in [7, 11) is 1.64. The summed E-state index contributed by atoms with van der Waals surface area (Å²) in [5.41, 5.74) is 2.58. The smallest absolute Gasteiger partial charge is 0.349 e. The zero-order valence-electron chi connectivity index (χ0n) is 19.5. The largest absolute Gasteiger partial charge is 0.448 e. The van der Waals surface area contributed by atoms with E-state index in [9.17, 15) is 14.9 Å². The number of rotatable bonds is 8. The summed E-state index contributed by atoms with van der Waals surface area (Å²) in [6.07, 6.45) is 3.72. The molecule has 0 aromatic carbocycles. The van der Waals surface area contributed by atoms with Crippen LogP contribution in [0.15, 0.2) is 11.6 Å². The van der Waals surface area contributed by atoms with Crippen LogP contribution in [0, 0.1) is 37.0 Å². The summed E-state index contributed by atoms with van der Waals surface area (Å²) in [5, 5.41) is 12.5. The SMILES string of the molecule is COCCn1c(C)cc(/C=C(\C#N)C(=O)O[C@H](C)C(=O)N[C@@H]2CCC[C@H](C)[C@@H]2C)c1C. The lowest BCUT2D eigenvalue weighted by atomic mass is 9.78. The third-order valence-corrected chi connectivity index (χ3v) is 6.46. The Bertz CT molecular complexity index is 865. The molecule has 0 aliphatic heterocycles. The number of aryl methyl sites for hydroxylation is 1. The number of carbonyl (C=O) groups is 2. The van der Waals surface area contributed by atoms with Crippen LogP contribution >= 0.6 is 0 Å². The molecule has 4 atom stereocenters. The number of methoxy groups -OCH3 is 1. The fraction of sp³-hybridized carbons (Fsp3) is 0.625. The van der Waals surface area contributed by atoms with Gasteiger partial charge in [0.1, 0.15) is 11.6 Å². The van der Waals surface area contributed by atoms with Gasteiger partial charge in [-0.1, -0.05) is 26.7 Å². The molecule has 170 valence electrons. The quantitative estimate of drug-likeness (QED) is 0.388. The second kappa shape index (κ2) is 11.1. The van der Waals surface area contributed by atoms with Crippen LogP contribution in [0.2, 0.25) is 0 Å². The molecule has 31 heavy (non-hydrogen) atoms. The number of hydrogen-bond acceptors (Lipinski definition) is 5. The number of esters is 1. The van der Waals surface area contributed by atoms with Crippen molar-refractivity contribution in [3.8, 4) is 6.07 Å². The molecule has 0 bridgehead atoms. The normalized spacial score (nSPS) is 22.5. The van der Waals surface area contributed by atoms with Gasteiger partial charge in [0.2, 0.25) is 0 Å². The molecular weight excluding hydrogens is 394 g/mol. The van der Waals surface area contributed by atoms with Crippen LogP contribution < -0.4 is 5.32 Å². The molecule has 2 rings (SSSR count). The molecule has 0 spiro atoms. The molecular formula is C24H35N3O4. The van der Waals surface area contributed by atoms with Gasteiger partial charge in [-0.2, -0.15) is 5.26 Å². The lowest BCUT2D eigenvalue weighted by molar-refractivity contribution is -0.151. The van der Waals surface area contributed by atoms with E-state index in [-0.39, 0.29) is 17.5 Å². The van der Waals surface area contributed by atoms with Crippen LogP contribution in [-0.4, -0.2) is 42.3 Å². The Morgan fingerprint density at radius 3 is 2.71 bits per heavy atom. The Kier molecular flexibility index (Phi) is 8.88. The second-order valence-electron chi connectivity index (χ2n) is 8.57. The van der Waals surface area contributed by atoms with E-state index in [0.29, 0.717) is 25.0 Å². The Balaban J connectivity index is 2.05. The van der Waals surface area contributed by atoms with Gasteiger partial charge in [0.15, 0.2) is 6.10 Å². The molecule has 0 radical (unpaired) electrons. The minimum atomic E-state index is -0.970. The number of nitrogens with zero attached hydrogens (tertiary/aromatic N) is 2. The van der Waals surface area contributed by atoms with Crippen molar-refractivity contribution in [1.29, 1.82) is 5.26 Å². The number of nitrogens with one attached hydrogen (secondary N) is 1. The third kappa shape index (κ3) is 6.20. The van der Waals surface area contributed by atoms with Crippen molar-refractivity contribution in [2.75, 3.05) is 13.7 Å². The lowest BCUT2D eigenvalue weighted by Gasteiger charge is -2.35. The molecule has 1 saturated carbocycles. The number of carbonyl (C=O) groups excluding carboxylic acids is 2. The molecule has 0 saturated heterocycles. The van der Waals surface area contributed by atoms with E-state index in [2.05, 4.69) is 23.7 Å². The predicted octanol–water partition coefficient (Wildman–Crippen LogP) is 3.53. The van der Waals surface area contributed by atoms with Crippen molar-refractivity contribution in [3.05, 3.63) is 28.6 Å². The van der Waals surface area contributed by atoms with E-state index < -0.39 is 12.1 Å². The standard InChI is InChI=1S/C24H35N3O4/c1-15-8-7-9-22(17(15)3)26-23(28)19(5)31-24(29)21(14-25)13-20-12-16(2)27(18(20)4)10-11-30-6/h12-13,15,17,19,22H,7-11H2,1-6H3,(H,26,28)/b21-13+/t15-,17-,19+,22+/m0/s1. The van der Waals surface area contributed by atoms with Crippen molar-refractivity contribution < 1.29 is 19.1 Å². The monoisotopic (exact) mass is 429 g/mol. The van der Waals surface area contributed by atoms with Gasteiger partial charge in [-0.25, -0.2) is 4.79 Å². The number of ether oxygens (including phenoxy) is 2. The van der Waals surface area contributed by atoms with E-state index in [1.807, 2.05) is 26.0 Å². The molecule has 1 heterocycles. The van der Waals surface area contributed by atoms with Crippen molar-refractivity contribution in [1.82, 2.24) is 9.88 Å². The van der Waals surface area contributed by atoms with Crippen LogP contribution in [0.3, 0.4) is 0 Å². The van der Waals surface area contributed by atoms with Gasteiger partial charge in [-0.15, -0.1) is 0 Å². The minimum absolute atomic E-state index is 0.0841. The molecule has 7 nitrogen and oxygen atoms in total. The molecule has 1 aliphatic carbocycles. The van der Waals surface area contributed by atoms with E-state index in [1.54, 1.807) is 7.11 Å². The summed E-state index contributed by atoms with van der Waals surface area (Å²) >= 11 is 0. The molecule has 1 fully saturated rings. The van der Waals surface area contributed by atoms with Crippen LogP contribution in [0.5, 0.6) is 0 Å². The highest BCUT2D eigenvalue weighted by molar-refractivity contribution is 5.99. The van der Waals surface area contributed by atoms with Crippen molar-refractivity contribution >= 4 is 18.0 Å². The zero-order chi connectivity index (χ0) is 23.1. The average molecular weight is 430 g/mol. The van der Waals surface area contributed by atoms with E-state index in [0.717, 1.165) is 29.8 Å². The first-order valence-electron chi connectivity index (χ1n) is 11.0. The Morgan fingerprint density at radius 1 is 1.35 bits per heavy atom.